The Balaban J connectivity index is 1.93. The highest BCUT2D eigenvalue weighted by molar-refractivity contribution is 8.04. The maximum Gasteiger partial charge on any atom is 0.133 e. The summed E-state index contributed by atoms with van der Waals surface area (Å²) in [6, 6.07) is 0. The monoisotopic (exact) mass is 263 g/mol. The molecule has 6 atom stereocenters. The molecule has 0 N–H and O–H groups in total. The topological polar surface area (TPSA) is 23.8 Å². The molecular weight excluding hydrogens is 238 g/mol. The van der Waals surface area contributed by atoms with E-state index < -0.39 is 0 Å². The quantitative estimate of drug-likeness (QED) is 0.675. The van der Waals surface area contributed by atoms with E-state index in [1.807, 2.05) is 0 Å². The maximum absolute atomic E-state index is 9.07. The molecule has 0 radical (unpaired) electrons. The van der Waals surface area contributed by atoms with Gasteiger partial charge in [-0.2, -0.15) is 5.26 Å². The average Bonchev–Trinajstić information content (AvgIpc) is 2.41. The zero-order valence-electron chi connectivity index (χ0n) is 12.1. The number of thiocyanates is 1. The molecule has 4 saturated carbocycles. The van der Waals surface area contributed by atoms with Crippen LogP contribution in [0.4, 0.5) is 0 Å². The van der Waals surface area contributed by atoms with Gasteiger partial charge in [0.2, 0.25) is 0 Å². The number of fused-ring (bicyclic) bond motifs is 1. The zero-order chi connectivity index (χ0) is 13.1. The van der Waals surface area contributed by atoms with Crippen molar-refractivity contribution in [1.29, 1.82) is 5.26 Å². The molecule has 18 heavy (non-hydrogen) atoms. The van der Waals surface area contributed by atoms with E-state index in [1.165, 1.54) is 25.7 Å². The van der Waals surface area contributed by atoms with Crippen molar-refractivity contribution in [2.45, 2.75) is 58.6 Å². The van der Waals surface area contributed by atoms with Gasteiger partial charge in [0.25, 0.3) is 0 Å². The van der Waals surface area contributed by atoms with Crippen molar-refractivity contribution in [3.8, 4) is 5.40 Å². The molecule has 0 spiro atoms. The van der Waals surface area contributed by atoms with Gasteiger partial charge in [-0.15, -0.1) is 0 Å². The van der Waals surface area contributed by atoms with Crippen LogP contribution in [0.15, 0.2) is 0 Å². The fourth-order valence-electron chi connectivity index (χ4n) is 5.93. The Morgan fingerprint density at radius 3 is 2.50 bits per heavy atom. The van der Waals surface area contributed by atoms with E-state index >= 15 is 0 Å². The van der Waals surface area contributed by atoms with Gasteiger partial charge in [0.1, 0.15) is 5.40 Å². The average molecular weight is 263 g/mol. The number of nitriles is 1. The highest BCUT2D eigenvalue weighted by Gasteiger charge is 2.66. The normalized spacial score (nSPS) is 53.8. The molecule has 0 aromatic carbocycles. The van der Waals surface area contributed by atoms with Gasteiger partial charge in [-0.05, 0) is 71.9 Å². The second-order valence-corrected chi connectivity index (χ2v) is 8.91. The molecule has 0 aromatic heterocycles. The van der Waals surface area contributed by atoms with Crippen molar-refractivity contribution >= 4 is 11.8 Å². The van der Waals surface area contributed by atoms with Crippen LogP contribution in [0.25, 0.3) is 0 Å². The first kappa shape index (κ1) is 12.9. The molecule has 0 unspecified atom stereocenters. The fraction of sp³-hybridized carbons (Fsp3) is 0.938. The van der Waals surface area contributed by atoms with Crippen molar-refractivity contribution in [2.75, 3.05) is 0 Å². The SMILES string of the molecule is CC(C)[C@@H]1C[C@@H]2[C@]3(C)C[C@H]1C[C@@]2(C)[C@@H](SC#N)C3. The van der Waals surface area contributed by atoms with Crippen LogP contribution >= 0.6 is 11.8 Å². The molecule has 4 bridgehead atoms. The summed E-state index contributed by atoms with van der Waals surface area (Å²) in [5, 5.41) is 12.0. The summed E-state index contributed by atoms with van der Waals surface area (Å²) in [6.07, 6.45) is 5.53. The van der Waals surface area contributed by atoms with Crippen LogP contribution in [0.3, 0.4) is 0 Å². The molecule has 2 heteroatoms. The van der Waals surface area contributed by atoms with Crippen LogP contribution in [0, 0.1) is 45.2 Å². The first-order valence-electron chi connectivity index (χ1n) is 7.45. The third-order valence-electron chi connectivity index (χ3n) is 6.62. The molecule has 100 valence electrons. The number of nitrogens with zero attached hydrogens (tertiary/aromatic N) is 1. The summed E-state index contributed by atoms with van der Waals surface area (Å²) in [4.78, 5) is 0. The molecule has 1 nitrogen and oxygen atoms in total. The lowest BCUT2D eigenvalue weighted by Crippen LogP contribution is -2.51. The summed E-state index contributed by atoms with van der Waals surface area (Å²) >= 11 is 1.57. The Morgan fingerprint density at radius 1 is 1.22 bits per heavy atom. The van der Waals surface area contributed by atoms with Crippen LogP contribution < -0.4 is 0 Å². The lowest BCUT2D eigenvalue weighted by atomic mass is 9.47. The lowest BCUT2D eigenvalue weighted by molar-refractivity contribution is -0.0816. The fourth-order valence-corrected chi connectivity index (χ4v) is 7.05. The molecular formula is C16H25NS. The Kier molecular flexibility index (Phi) is 2.80. The van der Waals surface area contributed by atoms with Crippen molar-refractivity contribution in [2.24, 2.45) is 34.5 Å². The Labute approximate surface area is 116 Å². The molecule has 0 aromatic rings. The minimum atomic E-state index is 0.448. The van der Waals surface area contributed by atoms with Crippen LogP contribution in [0.1, 0.15) is 53.4 Å². The standard InChI is InChI=1S/C16H25NS/c1-10(2)12-5-13-15(3)6-11(12)7-16(13,4)14(8-15)18-9-17/h10-14H,5-8H2,1-4H3/t11-,12-,13+,14-,15+,16+/m0/s1. The van der Waals surface area contributed by atoms with Gasteiger partial charge in [0.15, 0.2) is 0 Å². The van der Waals surface area contributed by atoms with Gasteiger partial charge in [0, 0.05) is 5.25 Å². The predicted octanol–water partition coefficient (Wildman–Crippen LogP) is 4.69. The van der Waals surface area contributed by atoms with Crippen molar-refractivity contribution in [1.82, 2.24) is 0 Å². The van der Waals surface area contributed by atoms with E-state index in [-0.39, 0.29) is 0 Å². The molecule has 0 amide bonds. The Morgan fingerprint density at radius 2 is 1.94 bits per heavy atom. The Bertz CT molecular complexity index is 398. The molecule has 0 saturated heterocycles. The molecule has 0 heterocycles. The second-order valence-electron chi connectivity index (χ2n) is 7.93. The predicted molar refractivity (Wildman–Crippen MR) is 77.0 cm³/mol. The van der Waals surface area contributed by atoms with Gasteiger partial charge in [0.05, 0.1) is 0 Å². The van der Waals surface area contributed by atoms with Gasteiger partial charge in [-0.3, -0.25) is 0 Å². The van der Waals surface area contributed by atoms with E-state index in [9.17, 15) is 0 Å². The van der Waals surface area contributed by atoms with Crippen LogP contribution in [0.2, 0.25) is 0 Å². The maximum atomic E-state index is 9.07. The minimum Gasteiger partial charge on any atom is -0.185 e. The Hall–Kier alpha value is -0.160. The number of rotatable bonds is 2. The zero-order valence-corrected chi connectivity index (χ0v) is 12.9. The van der Waals surface area contributed by atoms with E-state index in [4.69, 9.17) is 5.26 Å². The van der Waals surface area contributed by atoms with Crippen LogP contribution in [-0.2, 0) is 0 Å². The second kappa shape index (κ2) is 3.92. The third-order valence-corrected chi connectivity index (χ3v) is 7.71. The van der Waals surface area contributed by atoms with Crippen molar-refractivity contribution < 1.29 is 0 Å². The first-order chi connectivity index (χ1) is 8.40. The molecule has 0 aliphatic heterocycles. The van der Waals surface area contributed by atoms with E-state index in [0.29, 0.717) is 16.1 Å². The summed E-state index contributed by atoms with van der Waals surface area (Å²) < 4.78 is 0. The van der Waals surface area contributed by atoms with E-state index in [1.54, 1.807) is 11.8 Å². The highest BCUT2D eigenvalue weighted by Crippen LogP contribution is 2.72. The van der Waals surface area contributed by atoms with E-state index in [0.717, 1.165) is 23.7 Å². The molecule has 4 aliphatic carbocycles. The number of thioether (sulfide) groups is 1. The molecule has 4 aliphatic rings. The lowest BCUT2D eigenvalue weighted by Gasteiger charge is -2.58. The van der Waals surface area contributed by atoms with Gasteiger partial charge >= 0.3 is 0 Å². The summed E-state index contributed by atoms with van der Waals surface area (Å²) in [5.41, 5.74) is 0.987. The third kappa shape index (κ3) is 1.52. The highest BCUT2D eigenvalue weighted by atomic mass is 32.2. The first-order valence-corrected chi connectivity index (χ1v) is 8.33. The molecule has 4 fully saturated rings. The number of hydrogen-bond donors (Lipinski definition) is 0. The van der Waals surface area contributed by atoms with Gasteiger partial charge < -0.3 is 0 Å². The summed E-state index contributed by atoms with van der Waals surface area (Å²) in [7, 11) is 0. The largest absolute Gasteiger partial charge is 0.185 e. The smallest absolute Gasteiger partial charge is 0.133 e. The minimum absolute atomic E-state index is 0.448. The summed E-state index contributed by atoms with van der Waals surface area (Å²) in [5.74, 6) is 3.58. The van der Waals surface area contributed by atoms with Crippen molar-refractivity contribution in [3.05, 3.63) is 0 Å². The summed E-state index contributed by atoms with van der Waals surface area (Å²) in [6.45, 7) is 9.80. The number of hydrogen-bond acceptors (Lipinski definition) is 2. The van der Waals surface area contributed by atoms with Gasteiger partial charge in [-0.25, -0.2) is 0 Å². The van der Waals surface area contributed by atoms with Gasteiger partial charge in [-0.1, -0.05) is 27.7 Å². The van der Waals surface area contributed by atoms with E-state index in [2.05, 4.69) is 33.1 Å². The van der Waals surface area contributed by atoms with Crippen molar-refractivity contribution in [3.63, 3.8) is 0 Å². The van der Waals surface area contributed by atoms with Crippen LogP contribution in [0.5, 0.6) is 0 Å². The van der Waals surface area contributed by atoms with Crippen LogP contribution in [-0.4, -0.2) is 5.25 Å². The molecule has 4 rings (SSSR count).